The minimum atomic E-state index is -0.444. The van der Waals surface area contributed by atoms with E-state index in [1.54, 1.807) is 6.07 Å². The third kappa shape index (κ3) is 3.71. The molecule has 1 unspecified atom stereocenters. The first-order valence-corrected chi connectivity index (χ1v) is 8.09. The first-order valence-electron chi connectivity index (χ1n) is 7.33. The molecule has 1 amide bonds. The van der Waals surface area contributed by atoms with Gasteiger partial charge in [0, 0.05) is 12.6 Å². The molecule has 1 heterocycles. The van der Waals surface area contributed by atoms with Crippen molar-refractivity contribution in [3.63, 3.8) is 0 Å². The zero-order chi connectivity index (χ0) is 15.6. The van der Waals surface area contributed by atoms with Gasteiger partial charge >= 0.3 is 0 Å². The predicted octanol–water partition coefficient (Wildman–Crippen LogP) is 3.87. The molecule has 1 saturated heterocycles. The molecular formula is C16H22Cl2N2O. The minimum Gasteiger partial charge on any atom is -0.334 e. The predicted molar refractivity (Wildman–Crippen MR) is 87.8 cm³/mol. The fraction of sp³-hybridized carbons (Fsp3) is 0.562. The van der Waals surface area contributed by atoms with Crippen molar-refractivity contribution in [1.82, 2.24) is 10.2 Å². The highest BCUT2D eigenvalue weighted by atomic mass is 35.5. The van der Waals surface area contributed by atoms with Gasteiger partial charge in [-0.15, -0.1) is 0 Å². The Morgan fingerprint density at radius 1 is 1.38 bits per heavy atom. The molecule has 0 radical (unpaired) electrons. The van der Waals surface area contributed by atoms with Crippen molar-refractivity contribution < 1.29 is 4.79 Å². The summed E-state index contributed by atoms with van der Waals surface area (Å²) in [6.07, 6.45) is 1.93. The Hall–Kier alpha value is -0.770. The van der Waals surface area contributed by atoms with Crippen LogP contribution >= 0.6 is 23.2 Å². The molecule has 1 aromatic carbocycles. The van der Waals surface area contributed by atoms with Gasteiger partial charge in [0.05, 0.1) is 15.6 Å². The van der Waals surface area contributed by atoms with Crippen LogP contribution in [0.4, 0.5) is 0 Å². The Morgan fingerprint density at radius 2 is 2.10 bits per heavy atom. The van der Waals surface area contributed by atoms with E-state index >= 15 is 0 Å². The summed E-state index contributed by atoms with van der Waals surface area (Å²) < 4.78 is 0. The molecule has 1 aliphatic heterocycles. The van der Waals surface area contributed by atoms with Gasteiger partial charge < -0.3 is 10.2 Å². The zero-order valence-corrected chi connectivity index (χ0v) is 14.3. The summed E-state index contributed by atoms with van der Waals surface area (Å²) in [6.45, 7) is 7.51. The average molecular weight is 329 g/mol. The molecular weight excluding hydrogens is 307 g/mol. The summed E-state index contributed by atoms with van der Waals surface area (Å²) in [7, 11) is 0. The molecule has 3 nitrogen and oxygen atoms in total. The second-order valence-corrected chi connectivity index (χ2v) is 6.95. The maximum Gasteiger partial charge on any atom is 0.243 e. The van der Waals surface area contributed by atoms with Crippen LogP contribution in [0.1, 0.15) is 39.2 Å². The van der Waals surface area contributed by atoms with Gasteiger partial charge in [0.25, 0.3) is 0 Å². The Kier molecular flexibility index (Phi) is 5.18. The van der Waals surface area contributed by atoms with E-state index in [0.717, 1.165) is 24.9 Å². The molecule has 0 bridgehead atoms. The van der Waals surface area contributed by atoms with Crippen molar-refractivity contribution >= 4 is 29.1 Å². The SMILES string of the molecule is CC(C)N(Cc1ccc(Cl)c(Cl)c1)C(=O)C1(C)CCCN1. The molecule has 0 saturated carbocycles. The maximum atomic E-state index is 12.9. The van der Waals surface area contributed by atoms with Crippen LogP contribution in [0.3, 0.4) is 0 Å². The van der Waals surface area contributed by atoms with Crippen LogP contribution < -0.4 is 5.32 Å². The Bertz CT molecular complexity index is 525. The number of nitrogens with zero attached hydrogens (tertiary/aromatic N) is 1. The van der Waals surface area contributed by atoms with E-state index < -0.39 is 5.54 Å². The van der Waals surface area contributed by atoms with Crippen molar-refractivity contribution in [3.8, 4) is 0 Å². The lowest BCUT2D eigenvalue weighted by Crippen LogP contribution is -2.54. The van der Waals surface area contributed by atoms with Crippen molar-refractivity contribution in [1.29, 1.82) is 0 Å². The monoisotopic (exact) mass is 328 g/mol. The summed E-state index contributed by atoms with van der Waals surface area (Å²) in [5.41, 5.74) is 0.550. The fourth-order valence-electron chi connectivity index (χ4n) is 2.72. The van der Waals surface area contributed by atoms with Crippen molar-refractivity contribution in [3.05, 3.63) is 33.8 Å². The summed E-state index contributed by atoms with van der Waals surface area (Å²) >= 11 is 12.0. The minimum absolute atomic E-state index is 0.131. The number of amides is 1. The van der Waals surface area contributed by atoms with Gasteiger partial charge in [-0.1, -0.05) is 29.3 Å². The lowest BCUT2D eigenvalue weighted by molar-refractivity contribution is -0.139. The zero-order valence-electron chi connectivity index (χ0n) is 12.7. The van der Waals surface area contributed by atoms with E-state index in [4.69, 9.17) is 23.2 Å². The first-order chi connectivity index (χ1) is 9.83. The number of carbonyl (C=O) groups is 1. The molecule has 0 aliphatic carbocycles. The van der Waals surface area contributed by atoms with E-state index in [0.29, 0.717) is 16.6 Å². The highest BCUT2D eigenvalue weighted by Gasteiger charge is 2.39. The number of carbonyl (C=O) groups excluding carboxylic acids is 1. The largest absolute Gasteiger partial charge is 0.334 e. The average Bonchev–Trinajstić information content (AvgIpc) is 2.87. The van der Waals surface area contributed by atoms with Crippen LogP contribution in [0.2, 0.25) is 10.0 Å². The topological polar surface area (TPSA) is 32.3 Å². The van der Waals surface area contributed by atoms with Gasteiger partial charge in [-0.25, -0.2) is 0 Å². The second kappa shape index (κ2) is 6.55. The smallest absolute Gasteiger partial charge is 0.243 e. The number of benzene rings is 1. The van der Waals surface area contributed by atoms with Crippen molar-refractivity contribution in [2.75, 3.05) is 6.54 Å². The molecule has 1 fully saturated rings. The summed E-state index contributed by atoms with van der Waals surface area (Å²) in [6, 6.07) is 5.65. The van der Waals surface area contributed by atoms with Crippen LogP contribution in [0, 0.1) is 0 Å². The number of halogens is 2. The molecule has 116 valence electrons. The molecule has 0 spiro atoms. The summed E-state index contributed by atoms with van der Waals surface area (Å²) in [5.74, 6) is 0.154. The molecule has 1 aromatic rings. The number of hydrogen-bond acceptors (Lipinski definition) is 2. The Labute approximate surface area is 136 Å². The van der Waals surface area contributed by atoms with Crippen LogP contribution in [0.25, 0.3) is 0 Å². The molecule has 21 heavy (non-hydrogen) atoms. The van der Waals surface area contributed by atoms with Gasteiger partial charge in [-0.3, -0.25) is 4.79 Å². The lowest BCUT2D eigenvalue weighted by atomic mass is 9.97. The molecule has 2 rings (SSSR count). The first kappa shape index (κ1) is 16.6. The van der Waals surface area contributed by atoms with Gasteiger partial charge in [-0.2, -0.15) is 0 Å². The van der Waals surface area contributed by atoms with E-state index in [-0.39, 0.29) is 11.9 Å². The van der Waals surface area contributed by atoms with Crippen molar-refractivity contribution in [2.24, 2.45) is 0 Å². The Morgan fingerprint density at radius 3 is 2.62 bits per heavy atom. The quantitative estimate of drug-likeness (QED) is 0.909. The number of rotatable bonds is 4. The van der Waals surface area contributed by atoms with Crippen LogP contribution in [0.15, 0.2) is 18.2 Å². The summed E-state index contributed by atoms with van der Waals surface area (Å²) in [4.78, 5) is 14.8. The lowest BCUT2D eigenvalue weighted by Gasteiger charge is -2.34. The van der Waals surface area contributed by atoms with Gasteiger partial charge in [0.1, 0.15) is 0 Å². The second-order valence-electron chi connectivity index (χ2n) is 6.14. The molecule has 5 heteroatoms. The van der Waals surface area contributed by atoms with Crippen molar-refractivity contribution in [2.45, 2.75) is 51.7 Å². The number of nitrogens with one attached hydrogen (secondary N) is 1. The maximum absolute atomic E-state index is 12.9. The van der Waals surface area contributed by atoms with E-state index in [1.165, 1.54) is 0 Å². The highest BCUT2D eigenvalue weighted by molar-refractivity contribution is 6.42. The van der Waals surface area contributed by atoms with Gasteiger partial charge in [-0.05, 0) is 57.9 Å². The van der Waals surface area contributed by atoms with Crippen LogP contribution in [-0.2, 0) is 11.3 Å². The molecule has 1 aliphatic rings. The molecule has 0 aromatic heterocycles. The highest BCUT2D eigenvalue weighted by Crippen LogP contribution is 2.26. The van der Waals surface area contributed by atoms with Crippen LogP contribution in [0.5, 0.6) is 0 Å². The Balaban J connectivity index is 2.19. The molecule has 1 atom stereocenters. The standard InChI is InChI=1S/C16H22Cl2N2O/c1-11(2)20(15(21)16(3)7-4-8-19-16)10-12-5-6-13(17)14(18)9-12/h5-6,9,11,19H,4,7-8,10H2,1-3H3. The van der Waals surface area contributed by atoms with E-state index in [9.17, 15) is 4.79 Å². The van der Waals surface area contributed by atoms with E-state index in [2.05, 4.69) is 5.32 Å². The fourth-order valence-corrected chi connectivity index (χ4v) is 3.04. The third-order valence-electron chi connectivity index (χ3n) is 4.06. The molecule has 1 N–H and O–H groups in total. The normalized spacial score (nSPS) is 21.8. The number of hydrogen-bond donors (Lipinski definition) is 1. The van der Waals surface area contributed by atoms with Crippen LogP contribution in [-0.4, -0.2) is 28.9 Å². The third-order valence-corrected chi connectivity index (χ3v) is 4.80. The van der Waals surface area contributed by atoms with Gasteiger partial charge in [0.15, 0.2) is 0 Å². The van der Waals surface area contributed by atoms with E-state index in [1.807, 2.05) is 37.8 Å². The summed E-state index contributed by atoms with van der Waals surface area (Å²) in [5, 5.41) is 4.39. The van der Waals surface area contributed by atoms with Gasteiger partial charge in [0.2, 0.25) is 5.91 Å².